The summed E-state index contributed by atoms with van der Waals surface area (Å²) >= 11 is 4.88. The van der Waals surface area contributed by atoms with Crippen LogP contribution in [0.2, 0.25) is 0 Å². The zero-order valence-corrected chi connectivity index (χ0v) is 12.1. The van der Waals surface area contributed by atoms with E-state index in [9.17, 15) is 4.39 Å². The number of halogens is 2. The predicted molar refractivity (Wildman–Crippen MR) is 76.2 cm³/mol. The minimum absolute atomic E-state index is 0.268. The lowest BCUT2D eigenvalue weighted by atomic mass is 10.1. The van der Waals surface area contributed by atoms with Gasteiger partial charge in [0.15, 0.2) is 5.17 Å². The maximum absolute atomic E-state index is 13.6. The second-order valence-electron chi connectivity index (χ2n) is 4.31. The Morgan fingerprint density at radius 1 is 1.53 bits per heavy atom. The van der Waals surface area contributed by atoms with Crippen LogP contribution in [0.5, 0.6) is 0 Å². The summed E-state index contributed by atoms with van der Waals surface area (Å²) in [5.41, 5.74) is 0.476. The predicted octanol–water partition coefficient (Wildman–Crippen LogP) is 4.13. The highest BCUT2D eigenvalue weighted by Gasteiger charge is 2.21. The highest BCUT2D eigenvalue weighted by atomic mass is 79.9. The molecule has 1 atom stereocenters. The molecule has 0 fully saturated rings. The molecule has 1 aliphatic heterocycles. The van der Waals surface area contributed by atoms with Crippen LogP contribution in [0, 0.1) is 11.7 Å². The number of nitrogens with zero attached hydrogens (tertiary/aromatic N) is 1. The van der Waals surface area contributed by atoms with Crippen LogP contribution >= 0.6 is 27.7 Å². The lowest BCUT2D eigenvalue weighted by Gasteiger charge is -2.08. The van der Waals surface area contributed by atoms with Crippen LogP contribution in [-0.4, -0.2) is 17.0 Å². The van der Waals surface area contributed by atoms with Crippen LogP contribution in [-0.2, 0) is 0 Å². The summed E-state index contributed by atoms with van der Waals surface area (Å²) in [6.45, 7) is 4.30. The summed E-state index contributed by atoms with van der Waals surface area (Å²) in [6.07, 6.45) is 0. The second kappa shape index (κ2) is 5.40. The first-order valence-electron chi connectivity index (χ1n) is 5.49. The number of nitrogens with one attached hydrogen (secondary N) is 1. The average Bonchev–Trinajstić information content (AvgIpc) is 2.71. The van der Waals surface area contributed by atoms with Crippen LogP contribution in [0.4, 0.5) is 10.1 Å². The van der Waals surface area contributed by atoms with Crippen molar-refractivity contribution >= 4 is 38.5 Å². The molecule has 0 bridgehead atoms. The van der Waals surface area contributed by atoms with E-state index in [1.54, 1.807) is 17.8 Å². The molecule has 0 saturated heterocycles. The molecule has 0 amide bonds. The van der Waals surface area contributed by atoms with Crippen molar-refractivity contribution in [1.82, 2.24) is 0 Å². The summed E-state index contributed by atoms with van der Waals surface area (Å²) in [6, 6.07) is 5.31. The Morgan fingerprint density at radius 3 is 2.88 bits per heavy atom. The molecule has 17 heavy (non-hydrogen) atoms. The van der Waals surface area contributed by atoms with Crippen molar-refractivity contribution in [3.63, 3.8) is 0 Å². The van der Waals surface area contributed by atoms with Crippen LogP contribution in [0.15, 0.2) is 27.7 Å². The Labute approximate surface area is 113 Å². The van der Waals surface area contributed by atoms with Gasteiger partial charge < -0.3 is 5.32 Å². The quantitative estimate of drug-likeness (QED) is 0.887. The van der Waals surface area contributed by atoms with Gasteiger partial charge >= 0.3 is 0 Å². The maximum atomic E-state index is 13.6. The van der Waals surface area contributed by atoms with Gasteiger partial charge in [-0.2, -0.15) is 0 Å². The fourth-order valence-electron chi connectivity index (χ4n) is 1.51. The highest BCUT2D eigenvalue weighted by Crippen LogP contribution is 2.26. The van der Waals surface area contributed by atoms with Gasteiger partial charge in [0.2, 0.25) is 0 Å². The van der Waals surface area contributed by atoms with E-state index >= 15 is 0 Å². The number of amidine groups is 1. The Hall–Kier alpha value is -0.550. The molecule has 1 heterocycles. The van der Waals surface area contributed by atoms with Crippen LogP contribution in [0.25, 0.3) is 0 Å². The molecule has 2 nitrogen and oxygen atoms in total. The van der Waals surface area contributed by atoms with Gasteiger partial charge in [0.05, 0.1) is 11.7 Å². The van der Waals surface area contributed by atoms with Crippen LogP contribution in [0.3, 0.4) is 0 Å². The fourth-order valence-corrected chi connectivity index (χ4v) is 3.02. The van der Waals surface area contributed by atoms with E-state index in [-0.39, 0.29) is 5.82 Å². The number of aliphatic imine (C=N–C) groups is 1. The largest absolute Gasteiger partial charge is 0.333 e. The molecular weight excluding hydrogens is 303 g/mol. The second-order valence-corrected chi connectivity index (χ2v) is 6.23. The van der Waals surface area contributed by atoms with Gasteiger partial charge in [0, 0.05) is 10.2 Å². The number of rotatable bonds is 2. The number of anilines is 1. The normalized spacial score (nSPS) is 19.6. The minimum atomic E-state index is -0.268. The third kappa shape index (κ3) is 3.22. The summed E-state index contributed by atoms with van der Waals surface area (Å²) in [7, 11) is 0. The number of benzene rings is 1. The molecule has 0 radical (unpaired) electrons. The van der Waals surface area contributed by atoms with E-state index in [1.807, 2.05) is 6.07 Å². The molecule has 1 unspecified atom stereocenters. The SMILES string of the molecule is CC(C)C1CSC(Nc2ccc(Br)cc2F)=N1. The molecule has 0 spiro atoms. The van der Waals surface area contributed by atoms with Crippen molar-refractivity contribution in [2.75, 3.05) is 11.1 Å². The van der Waals surface area contributed by atoms with Gasteiger partial charge in [-0.25, -0.2) is 4.39 Å². The first kappa shape index (κ1) is 12.9. The van der Waals surface area contributed by atoms with Crippen LogP contribution < -0.4 is 5.32 Å². The van der Waals surface area contributed by atoms with Gasteiger partial charge in [-0.05, 0) is 24.1 Å². The fraction of sp³-hybridized carbons (Fsp3) is 0.417. The monoisotopic (exact) mass is 316 g/mol. The summed E-state index contributed by atoms with van der Waals surface area (Å²) in [4.78, 5) is 4.54. The lowest BCUT2D eigenvalue weighted by molar-refractivity contribution is 0.543. The van der Waals surface area contributed by atoms with E-state index in [2.05, 4.69) is 40.1 Å². The summed E-state index contributed by atoms with van der Waals surface area (Å²) in [5, 5.41) is 3.85. The zero-order chi connectivity index (χ0) is 12.4. The lowest BCUT2D eigenvalue weighted by Crippen LogP contribution is -2.12. The van der Waals surface area contributed by atoms with Gasteiger partial charge in [-0.15, -0.1) is 0 Å². The van der Waals surface area contributed by atoms with E-state index < -0.39 is 0 Å². The van der Waals surface area contributed by atoms with Gasteiger partial charge in [0.1, 0.15) is 5.82 Å². The third-order valence-electron chi connectivity index (χ3n) is 2.62. The molecule has 0 saturated carbocycles. The van der Waals surface area contributed by atoms with Crippen molar-refractivity contribution in [2.24, 2.45) is 10.9 Å². The molecule has 5 heteroatoms. The first-order valence-corrected chi connectivity index (χ1v) is 7.27. The molecule has 2 rings (SSSR count). The molecule has 1 aromatic carbocycles. The smallest absolute Gasteiger partial charge is 0.161 e. The third-order valence-corrected chi connectivity index (χ3v) is 4.10. The number of hydrogen-bond acceptors (Lipinski definition) is 3. The Balaban J connectivity index is 2.09. The molecular formula is C12H14BrFN2S. The van der Waals surface area contributed by atoms with Crippen molar-refractivity contribution in [2.45, 2.75) is 19.9 Å². The van der Waals surface area contributed by atoms with Crippen molar-refractivity contribution in [3.8, 4) is 0 Å². The average molecular weight is 317 g/mol. The summed E-state index contributed by atoms with van der Waals surface area (Å²) in [5.74, 6) is 1.23. The molecule has 92 valence electrons. The Kier molecular flexibility index (Phi) is 4.09. The van der Waals surface area contributed by atoms with Crippen molar-refractivity contribution in [1.29, 1.82) is 0 Å². The van der Waals surface area contributed by atoms with Crippen molar-refractivity contribution < 1.29 is 4.39 Å². The zero-order valence-electron chi connectivity index (χ0n) is 9.71. The van der Waals surface area contributed by atoms with E-state index in [0.29, 0.717) is 17.6 Å². The van der Waals surface area contributed by atoms with E-state index in [1.165, 1.54) is 6.07 Å². The molecule has 0 aromatic heterocycles. The topological polar surface area (TPSA) is 24.4 Å². The Morgan fingerprint density at radius 2 is 2.29 bits per heavy atom. The number of thioether (sulfide) groups is 1. The molecule has 1 aliphatic rings. The van der Waals surface area contributed by atoms with Gasteiger partial charge in [0.25, 0.3) is 0 Å². The molecule has 1 aromatic rings. The van der Waals surface area contributed by atoms with Gasteiger partial charge in [-0.1, -0.05) is 41.5 Å². The van der Waals surface area contributed by atoms with Gasteiger partial charge in [-0.3, -0.25) is 4.99 Å². The van der Waals surface area contributed by atoms with Crippen LogP contribution in [0.1, 0.15) is 13.8 Å². The van der Waals surface area contributed by atoms with Crippen molar-refractivity contribution in [3.05, 3.63) is 28.5 Å². The standard InChI is InChI=1S/C12H14BrFN2S/c1-7(2)11-6-17-12(16-11)15-10-4-3-8(13)5-9(10)14/h3-5,7,11H,6H2,1-2H3,(H,15,16). The Bertz CT molecular complexity index is 448. The minimum Gasteiger partial charge on any atom is -0.333 e. The maximum Gasteiger partial charge on any atom is 0.161 e. The summed E-state index contributed by atoms with van der Waals surface area (Å²) < 4.78 is 14.3. The molecule has 1 N–H and O–H groups in total. The highest BCUT2D eigenvalue weighted by molar-refractivity contribution is 9.10. The van der Waals surface area contributed by atoms with E-state index in [0.717, 1.165) is 15.4 Å². The first-order chi connectivity index (χ1) is 8.06. The van der Waals surface area contributed by atoms with E-state index in [4.69, 9.17) is 0 Å². The number of hydrogen-bond donors (Lipinski definition) is 1. The molecule has 0 aliphatic carbocycles.